The van der Waals surface area contributed by atoms with Crippen LogP contribution in [0, 0.1) is 14.9 Å². The molecule has 0 bridgehead atoms. The van der Waals surface area contributed by atoms with E-state index in [0.717, 1.165) is 35.0 Å². The van der Waals surface area contributed by atoms with Crippen LogP contribution in [0.15, 0.2) is 48.1 Å². The third kappa shape index (κ3) is 5.71. The highest BCUT2D eigenvalue weighted by Crippen LogP contribution is 2.26. The minimum Gasteiger partial charge on any atom is -0.490 e. The monoisotopic (exact) mass is 449 g/mol. The summed E-state index contributed by atoms with van der Waals surface area (Å²) in [5.41, 5.74) is 0.977. The van der Waals surface area contributed by atoms with Gasteiger partial charge in [-0.2, -0.15) is 5.26 Å². The molecule has 5 nitrogen and oxygen atoms in total. The zero-order valence-electron chi connectivity index (χ0n) is 13.9. The molecule has 0 aromatic heterocycles. The first-order valence-electron chi connectivity index (χ1n) is 8.03. The summed E-state index contributed by atoms with van der Waals surface area (Å²) in [6, 6.07) is 7.77. The molecule has 0 atom stereocenters. The molecular weight excluding hydrogens is 429 g/mol. The number of aliphatic imine (C=N–C) groups is 1. The standard InChI is InChI=1S/C19H20IN3O2/c1-3-22-12-13(2)19(24)23-15-5-8-16(9-6-15)25-17-7-4-14(11-21)18(20)10-17/h3-4,7,10,12,15-16H,1-2,5-6,8-9H2,(H,23,24). The van der Waals surface area contributed by atoms with Gasteiger partial charge in [0.25, 0.3) is 5.91 Å². The van der Waals surface area contributed by atoms with Crippen LogP contribution in [0.5, 0.6) is 5.75 Å². The number of hydrogen-bond donors (Lipinski definition) is 1. The summed E-state index contributed by atoms with van der Waals surface area (Å²) in [6.45, 7) is 7.16. The zero-order chi connectivity index (χ0) is 18.2. The van der Waals surface area contributed by atoms with Crippen LogP contribution >= 0.6 is 22.6 Å². The number of carbonyl (C=O) groups is 1. The van der Waals surface area contributed by atoms with Crippen LogP contribution in [0.4, 0.5) is 0 Å². The first-order valence-corrected chi connectivity index (χ1v) is 9.11. The number of benzene rings is 1. The average molecular weight is 449 g/mol. The maximum Gasteiger partial charge on any atom is 0.252 e. The summed E-state index contributed by atoms with van der Waals surface area (Å²) in [5.74, 6) is 0.585. The van der Waals surface area contributed by atoms with Crippen molar-refractivity contribution in [1.29, 1.82) is 5.26 Å². The van der Waals surface area contributed by atoms with Gasteiger partial charge in [0, 0.05) is 22.0 Å². The topological polar surface area (TPSA) is 74.5 Å². The molecule has 25 heavy (non-hydrogen) atoms. The molecule has 6 heteroatoms. The molecule has 1 aliphatic carbocycles. The molecule has 130 valence electrons. The normalized spacial score (nSPS) is 19.8. The maximum absolute atomic E-state index is 12.0. The van der Waals surface area contributed by atoms with Crippen LogP contribution in [-0.2, 0) is 4.79 Å². The Hall–Kier alpha value is -2.14. The second kappa shape index (κ2) is 9.37. The van der Waals surface area contributed by atoms with Gasteiger partial charge in [0.15, 0.2) is 0 Å². The summed E-state index contributed by atoms with van der Waals surface area (Å²) >= 11 is 2.14. The third-order valence-electron chi connectivity index (χ3n) is 4.00. The van der Waals surface area contributed by atoms with Crippen molar-refractivity contribution in [3.63, 3.8) is 0 Å². The molecular formula is C19H20IN3O2. The highest BCUT2D eigenvalue weighted by molar-refractivity contribution is 14.1. The van der Waals surface area contributed by atoms with E-state index in [9.17, 15) is 4.79 Å². The minimum absolute atomic E-state index is 0.127. The summed E-state index contributed by atoms with van der Waals surface area (Å²) in [6.07, 6.45) is 6.35. The van der Waals surface area contributed by atoms with Crippen molar-refractivity contribution in [2.75, 3.05) is 0 Å². The Balaban J connectivity index is 1.81. The van der Waals surface area contributed by atoms with Gasteiger partial charge >= 0.3 is 0 Å². The molecule has 1 aliphatic rings. The fourth-order valence-electron chi connectivity index (χ4n) is 2.66. The number of nitrogens with zero attached hydrogens (tertiary/aromatic N) is 2. The number of amides is 1. The molecule has 0 radical (unpaired) electrons. The Morgan fingerprint density at radius 2 is 2.12 bits per heavy atom. The second-order valence-corrected chi connectivity index (χ2v) is 6.97. The van der Waals surface area contributed by atoms with Gasteiger partial charge in [-0.15, -0.1) is 0 Å². The molecule has 2 rings (SSSR count). The average Bonchev–Trinajstić information content (AvgIpc) is 2.61. The van der Waals surface area contributed by atoms with Crippen molar-refractivity contribution < 1.29 is 9.53 Å². The van der Waals surface area contributed by atoms with Gasteiger partial charge in [0.05, 0.1) is 17.2 Å². The van der Waals surface area contributed by atoms with Gasteiger partial charge in [-0.1, -0.05) is 13.2 Å². The van der Waals surface area contributed by atoms with Crippen LogP contribution in [0.2, 0.25) is 0 Å². The van der Waals surface area contributed by atoms with Gasteiger partial charge in [-0.05, 0) is 66.5 Å². The van der Waals surface area contributed by atoms with Crippen molar-refractivity contribution >= 4 is 34.7 Å². The molecule has 0 heterocycles. The highest BCUT2D eigenvalue weighted by atomic mass is 127. The molecule has 1 amide bonds. The summed E-state index contributed by atoms with van der Waals surface area (Å²) in [4.78, 5) is 15.8. The summed E-state index contributed by atoms with van der Waals surface area (Å²) in [5, 5.41) is 11.9. The Morgan fingerprint density at radius 3 is 2.72 bits per heavy atom. The molecule has 1 aromatic carbocycles. The SMILES string of the molecule is C=CN=CC(=C)C(=O)NC1CCC(Oc2ccc(C#N)c(I)c2)CC1. The van der Waals surface area contributed by atoms with E-state index in [-0.39, 0.29) is 18.1 Å². The van der Waals surface area contributed by atoms with E-state index >= 15 is 0 Å². The van der Waals surface area contributed by atoms with E-state index in [1.54, 1.807) is 6.07 Å². The quantitative estimate of drug-likeness (QED) is 0.409. The molecule has 1 N–H and O–H groups in total. The number of halogens is 1. The Bertz CT molecular complexity index is 729. The molecule has 1 aromatic rings. The predicted octanol–water partition coefficient (Wildman–Crippen LogP) is 3.74. The van der Waals surface area contributed by atoms with E-state index in [1.165, 1.54) is 12.4 Å². The molecule has 0 spiro atoms. The van der Waals surface area contributed by atoms with Crippen LogP contribution in [0.1, 0.15) is 31.2 Å². The highest BCUT2D eigenvalue weighted by Gasteiger charge is 2.24. The predicted molar refractivity (Wildman–Crippen MR) is 107 cm³/mol. The fraction of sp³-hybridized carbons (Fsp3) is 0.316. The Morgan fingerprint density at radius 1 is 1.40 bits per heavy atom. The largest absolute Gasteiger partial charge is 0.490 e. The van der Waals surface area contributed by atoms with Crippen molar-refractivity contribution in [3.05, 3.63) is 52.3 Å². The smallest absolute Gasteiger partial charge is 0.252 e. The lowest BCUT2D eigenvalue weighted by Crippen LogP contribution is -2.40. The number of nitrogens with one attached hydrogen (secondary N) is 1. The van der Waals surface area contributed by atoms with Crippen LogP contribution in [0.3, 0.4) is 0 Å². The van der Waals surface area contributed by atoms with Crippen LogP contribution in [-0.4, -0.2) is 24.3 Å². The maximum atomic E-state index is 12.0. The number of nitriles is 1. The van der Waals surface area contributed by atoms with Gasteiger partial charge in [-0.3, -0.25) is 9.79 Å². The Kier molecular flexibility index (Phi) is 7.19. The number of rotatable bonds is 6. The fourth-order valence-corrected chi connectivity index (χ4v) is 3.26. The van der Waals surface area contributed by atoms with Crippen molar-refractivity contribution in [2.45, 2.75) is 37.8 Å². The third-order valence-corrected chi connectivity index (χ3v) is 4.89. The second-order valence-electron chi connectivity index (χ2n) is 5.80. The van der Waals surface area contributed by atoms with Crippen molar-refractivity contribution in [1.82, 2.24) is 5.32 Å². The lowest BCUT2D eigenvalue weighted by molar-refractivity contribution is -0.117. The first-order chi connectivity index (χ1) is 12.0. The lowest BCUT2D eigenvalue weighted by Gasteiger charge is -2.29. The summed E-state index contributed by atoms with van der Waals surface area (Å²) < 4.78 is 6.90. The van der Waals surface area contributed by atoms with Crippen LogP contribution < -0.4 is 10.1 Å². The van der Waals surface area contributed by atoms with Gasteiger partial charge in [0.1, 0.15) is 11.8 Å². The lowest BCUT2D eigenvalue weighted by atomic mass is 9.92. The molecule has 0 saturated heterocycles. The number of ether oxygens (including phenoxy) is 1. The molecule has 0 aliphatic heterocycles. The van der Waals surface area contributed by atoms with Crippen molar-refractivity contribution in [2.24, 2.45) is 4.99 Å². The Labute approximate surface area is 161 Å². The summed E-state index contributed by atoms with van der Waals surface area (Å²) in [7, 11) is 0. The zero-order valence-corrected chi connectivity index (χ0v) is 16.0. The van der Waals surface area contributed by atoms with E-state index in [1.807, 2.05) is 12.1 Å². The number of hydrogen-bond acceptors (Lipinski definition) is 4. The molecule has 1 fully saturated rings. The number of carbonyl (C=O) groups excluding carboxylic acids is 1. The van der Waals surface area contributed by atoms with Crippen molar-refractivity contribution in [3.8, 4) is 11.8 Å². The van der Waals surface area contributed by atoms with Gasteiger partial charge in [-0.25, -0.2) is 0 Å². The van der Waals surface area contributed by atoms with E-state index < -0.39 is 0 Å². The minimum atomic E-state index is -0.198. The van der Waals surface area contributed by atoms with Gasteiger partial charge < -0.3 is 10.1 Å². The first kappa shape index (κ1) is 19.2. The van der Waals surface area contributed by atoms with E-state index in [4.69, 9.17) is 10.00 Å². The molecule has 0 unspecified atom stereocenters. The molecule has 1 saturated carbocycles. The van der Waals surface area contributed by atoms with Gasteiger partial charge in [0.2, 0.25) is 0 Å². The van der Waals surface area contributed by atoms with E-state index in [0.29, 0.717) is 11.1 Å². The van der Waals surface area contributed by atoms with E-state index in [2.05, 4.69) is 52.1 Å². The van der Waals surface area contributed by atoms with Crippen LogP contribution in [0.25, 0.3) is 0 Å².